The molecule has 0 saturated carbocycles. The molecule has 7 heteroatoms. The number of nitrogens with zero attached hydrogens (tertiary/aromatic N) is 1. The molecule has 0 bridgehead atoms. The maximum atomic E-state index is 13.7. The Hall–Kier alpha value is -1.47. The van der Waals surface area contributed by atoms with Crippen molar-refractivity contribution in [2.45, 2.75) is 32.7 Å². The number of hydrogen-bond donors (Lipinski definition) is 1. The summed E-state index contributed by atoms with van der Waals surface area (Å²) in [5.74, 6) is -1.39. The van der Waals surface area contributed by atoms with Crippen molar-refractivity contribution in [2.75, 3.05) is 18.8 Å². The minimum Gasteiger partial charge on any atom is -0.348 e. The van der Waals surface area contributed by atoms with E-state index in [1.807, 2.05) is 0 Å². The largest absolute Gasteiger partial charge is 0.348 e. The first-order valence-electron chi connectivity index (χ1n) is 7.43. The van der Waals surface area contributed by atoms with E-state index in [4.69, 9.17) is 0 Å². The first-order chi connectivity index (χ1) is 10.4. The van der Waals surface area contributed by atoms with Crippen LogP contribution in [0.1, 0.15) is 37.4 Å². The fraction of sp³-hybridized carbons (Fsp3) is 0.533. The van der Waals surface area contributed by atoms with Crippen LogP contribution in [0.3, 0.4) is 0 Å². The molecule has 0 heterocycles. The zero-order valence-corrected chi connectivity index (χ0v) is 13.6. The molecular weight excluding hydrogens is 307 g/mol. The fourth-order valence-corrected chi connectivity index (χ4v) is 4.25. The van der Waals surface area contributed by atoms with E-state index in [9.17, 15) is 17.6 Å². The van der Waals surface area contributed by atoms with E-state index in [0.717, 1.165) is 5.56 Å². The van der Waals surface area contributed by atoms with Crippen molar-refractivity contribution in [3.8, 4) is 0 Å². The van der Waals surface area contributed by atoms with E-state index in [-0.39, 0.29) is 11.9 Å². The van der Waals surface area contributed by atoms with E-state index in [2.05, 4.69) is 5.32 Å². The zero-order chi connectivity index (χ0) is 16.3. The summed E-state index contributed by atoms with van der Waals surface area (Å²) in [5, 5.41) is 2.71. The number of rotatable bonds is 6. The average Bonchev–Trinajstić information content (AvgIpc) is 2.83. The number of sulfonamides is 1. The quantitative estimate of drug-likeness (QED) is 0.862. The SMILES string of the molecule is CCN(CC)S(=O)(=O)CC(=O)N[C@H]1CCc2c(F)cccc21. The smallest absolute Gasteiger partial charge is 0.237 e. The third-order valence-corrected chi connectivity index (χ3v) is 5.89. The Morgan fingerprint density at radius 3 is 2.68 bits per heavy atom. The molecule has 0 radical (unpaired) electrons. The molecule has 1 aliphatic rings. The first kappa shape index (κ1) is 16.9. The number of hydrogen-bond acceptors (Lipinski definition) is 3. The molecule has 1 atom stereocenters. The molecule has 1 aliphatic carbocycles. The summed E-state index contributed by atoms with van der Waals surface area (Å²) < 4.78 is 39.1. The predicted octanol–water partition coefficient (Wildman–Crippen LogP) is 1.60. The highest BCUT2D eigenvalue weighted by Crippen LogP contribution is 2.32. The molecule has 0 unspecified atom stereocenters. The minimum atomic E-state index is -3.60. The third-order valence-electron chi connectivity index (χ3n) is 3.96. The summed E-state index contributed by atoms with van der Waals surface area (Å²) in [6, 6.07) is 4.46. The van der Waals surface area contributed by atoms with Gasteiger partial charge in [-0.25, -0.2) is 17.1 Å². The summed E-state index contributed by atoms with van der Waals surface area (Å²) in [7, 11) is -3.60. The van der Waals surface area contributed by atoms with E-state index in [1.165, 1.54) is 10.4 Å². The number of benzene rings is 1. The number of carbonyl (C=O) groups excluding carboxylic acids is 1. The highest BCUT2D eigenvalue weighted by Gasteiger charge is 2.28. The molecule has 1 aromatic rings. The Morgan fingerprint density at radius 1 is 1.36 bits per heavy atom. The topological polar surface area (TPSA) is 66.5 Å². The van der Waals surface area contributed by atoms with E-state index in [1.54, 1.807) is 26.0 Å². The van der Waals surface area contributed by atoms with Crippen LogP contribution in [0.15, 0.2) is 18.2 Å². The molecule has 1 amide bonds. The van der Waals surface area contributed by atoms with Crippen LogP contribution in [0.4, 0.5) is 4.39 Å². The summed E-state index contributed by atoms with van der Waals surface area (Å²) in [6.45, 7) is 4.14. The normalized spacial score (nSPS) is 17.5. The molecule has 0 fully saturated rings. The van der Waals surface area contributed by atoms with Gasteiger partial charge in [0.05, 0.1) is 6.04 Å². The standard InChI is InChI=1S/C15H21FN2O3S/c1-3-18(4-2)22(20,21)10-15(19)17-14-9-8-11-12(14)6-5-7-13(11)16/h5-7,14H,3-4,8-10H2,1-2H3,(H,17,19)/t14-/m0/s1. The Bertz CT molecular complexity index is 657. The predicted molar refractivity (Wildman–Crippen MR) is 82.3 cm³/mol. The van der Waals surface area contributed by atoms with Crippen LogP contribution in [-0.2, 0) is 21.2 Å². The van der Waals surface area contributed by atoms with Gasteiger partial charge in [-0.05, 0) is 30.0 Å². The lowest BCUT2D eigenvalue weighted by Crippen LogP contribution is -2.40. The summed E-state index contributed by atoms with van der Waals surface area (Å²) >= 11 is 0. The maximum Gasteiger partial charge on any atom is 0.237 e. The van der Waals surface area contributed by atoms with Gasteiger partial charge in [0.2, 0.25) is 15.9 Å². The first-order valence-corrected chi connectivity index (χ1v) is 9.04. The fourth-order valence-electron chi connectivity index (χ4n) is 2.87. The second kappa shape index (κ2) is 6.75. The molecule has 0 aliphatic heterocycles. The van der Waals surface area contributed by atoms with Crippen molar-refractivity contribution in [2.24, 2.45) is 0 Å². The summed E-state index contributed by atoms with van der Waals surface area (Å²) in [4.78, 5) is 12.0. The molecule has 122 valence electrons. The molecule has 1 N–H and O–H groups in total. The minimum absolute atomic E-state index is 0.273. The maximum absolute atomic E-state index is 13.7. The van der Waals surface area contributed by atoms with Crippen LogP contribution < -0.4 is 5.32 Å². The Kier molecular flexibility index (Phi) is 5.18. The number of amides is 1. The van der Waals surface area contributed by atoms with Gasteiger partial charge in [0.25, 0.3) is 0 Å². The van der Waals surface area contributed by atoms with Gasteiger partial charge in [-0.1, -0.05) is 26.0 Å². The van der Waals surface area contributed by atoms with Crippen LogP contribution in [0.2, 0.25) is 0 Å². The molecule has 22 heavy (non-hydrogen) atoms. The van der Waals surface area contributed by atoms with Crippen LogP contribution >= 0.6 is 0 Å². The lowest BCUT2D eigenvalue weighted by Gasteiger charge is -2.19. The van der Waals surface area contributed by atoms with Crippen molar-refractivity contribution < 1.29 is 17.6 Å². The van der Waals surface area contributed by atoms with Gasteiger partial charge >= 0.3 is 0 Å². The van der Waals surface area contributed by atoms with Crippen molar-refractivity contribution in [3.63, 3.8) is 0 Å². The summed E-state index contributed by atoms with van der Waals surface area (Å²) in [5.41, 5.74) is 1.35. The lowest BCUT2D eigenvalue weighted by atomic mass is 10.1. The average molecular weight is 328 g/mol. The highest BCUT2D eigenvalue weighted by molar-refractivity contribution is 7.89. The van der Waals surface area contributed by atoms with Gasteiger partial charge in [0.1, 0.15) is 11.6 Å². The lowest BCUT2D eigenvalue weighted by molar-refractivity contribution is -0.119. The van der Waals surface area contributed by atoms with E-state index >= 15 is 0 Å². The molecule has 5 nitrogen and oxygen atoms in total. The number of fused-ring (bicyclic) bond motifs is 1. The Morgan fingerprint density at radius 2 is 2.05 bits per heavy atom. The van der Waals surface area contributed by atoms with E-state index in [0.29, 0.717) is 31.5 Å². The van der Waals surface area contributed by atoms with Crippen LogP contribution in [0.25, 0.3) is 0 Å². The molecule has 0 saturated heterocycles. The zero-order valence-electron chi connectivity index (χ0n) is 12.8. The van der Waals surface area contributed by atoms with E-state index < -0.39 is 21.7 Å². The number of carbonyl (C=O) groups is 1. The molecular formula is C15H21FN2O3S. The molecule has 0 spiro atoms. The highest BCUT2D eigenvalue weighted by atomic mass is 32.2. The Balaban J connectivity index is 2.05. The van der Waals surface area contributed by atoms with Crippen molar-refractivity contribution in [3.05, 3.63) is 35.1 Å². The Labute approximate surface area is 130 Å². The summed E-state index contributed by atoms with van der Waals surface area (Å²) in [6.07, 6.45) is 1.14. The third kappa shape index (κ3) is 3.47. The van der Waals surface area contributed by atoms with Gasteiger partial charge in [0.15, 0.2) is 0 Å². The van der Waals surface area contributed by atoms with Gasteiger partial charge in [-0.3, -0.25) is 4.79 Å². The molecule has 2 rings (SSSR count). The van der Waals surface area contributed by atoms with Crippen molar-refractivity contribution >= 4 is 15.9 Å². The second-order valence-electron chi connectivity index (χ2n) is 5.31. The van der Waals surface area contributed by atoms with Crippen LogP contribution in [-0.4, -0.2) is 37.5 Å². The van der Waals surface area contributed by atoms with Crippen LogP contribution in [0.5, 0.6) is 0 Å². The second-order valence-corrected chi connectivity index (χ2v) is 7.28. The van der Waals surface area contributed by atoms with Crippen molar-refractivity contribution in [1.29, 1.82) is 0 Å². The van der Waals surface area contributed by atoms with Gasteiger partial charge in [-0.2, -0.15) is 0 Å². The molecule has 0 aromatic heterocycles. The van der Waals surface area contributed by atoms with Crippen molar-refractivity contribution in [1.82, 2.24) is 9.62 Å². The number of nitrogens with one attached hydrogen (secondary N) is 1. The molecule has 1 aromatic carbocycles. The van der Waals surface area contributed by atoms with Gasteiger partial charge in [0, 0.05) is 13.1 Å². The number of halogens is 1. The van der Waals surface area contributed by atoms with Gasteiger partial charge < -0.3 is 5.32 Å². The van der Waals surface area contributed by atoms with Gasteiger partial charge in [-0.15, -0.1) is 0 Å². The van der Waals surface area contributed by atoms with Crippen LogP contribution in [0, 0.1) is 5.82 Å². The monoisotopic (exact) mass is 328 g/mol.